The third-order valence-electron chi connectivity index (χ3n) is 3.24. The minimum Gasteiger partial charge on any atom is -0.491 e. The number of aryl methyl sites for hydroxylation is 1. The molecular formula is C18H21FO2. The highest BCUT2D eigenvalue weighted by atomic mass is 19.1. The van der Waals surface area contributed by atoms with Gasteiger partial charge in [0.05, 0.1) is 13.2 Å². The molecule has 0 unspecified atom stereocenters. The summed E-state index contributed by atoms with van der Waals surface area (Å²) in [5, 5.41) is 0. The number of alkyl halides is 1. The average Bonchev–Trinajstić information content (AvgIpc) is 2.55. The summed E-state index contributed by atoms with van der Waals surface area (Å²) in [6.45, 7) is 2.93. The van der Waals surface area contributed by atoms with E-state index in [1.807, 2.05) is 24.3 Å². The van der Waals surface area contributed by atoms with Crippen LogP contribution in [-0.2, 0) is 24.4 Å². The van der Waals surface area contributed by atoms with Gasteiger partial charge in [-0.25, -0.2) is 4.39 Å². The Labute approximate surface area is 125 Å². The van der Waals surface area contributed by atoms with Crippen molar-refractivity contribution in [3.8, 4) is 5.75 Å². The van der Waals surface area contributed by atoms with Crippen molar-refractivity contribution in [3.63, 3.8) is 0 Å². The Morgan fingerprint density at radius 1 is 0.810 bits per heavy atom. The molecule has 3 heteroatoms. The van der Waals surface area contributed by atoms with Gasteiger partial charge in [0.25, 0.3) is 0 Å². The van der Waals surface area contributed by atoms with Gasteiger partial charge >= 0.3 is 0 Å². The second-order valence-corrected chi connectivity index (χ2v) is 4.84. The molecule has 0 atom stereocenters. The van der Waals surface area contributed by atoms with Crippen LogP contribution in [-0.4, -0.2) is 13.3 Å². The number of rotatable bonds is 8. The monoisotopic (exact) mass is 288 g/mol. The van der Waals surface area contributed by atoms with Crippen molar-refractivity contribution >= 4 is 0 Å². The zero-order valence-corrected chi connectivity index (χ0v) is 12.3. The maximum Gasteiger partial charge on any atom is 0.123 e. The van der Waals surface area contributed by atoms with Crippen LogP contribution in [0.5, 0.6) is 5.75 Å². The van der Waals surface area contributed by atoms with Gasteiger partial charge in [-0.05, 0) is 35.2 Å². The van der Waals surface area contributed by atoms with E-state index in [1.165, 1.54) is 11.1 Å². The maximum absolute atomic E-state index is 12.0. The van der Waals surface area contributed by atoms with Crippen LogP contribution >= 0.6 is 0 Å². The summed E-state index contributed by atoms with van der Waals surface area (Å²) in [5.74, 6) is 0.687. The molecule has 0 spiro atoms. The van der Waals surface area contributed by atoms with Crippen LogP contribution in [0.1, 0.15) is 23.6 Å². The topological polar surface area (TPSA) is 18.5 Å². The summed E-state index contributed by atoms with van der Waals surface area (Å²) >= 11 is 0. The molecule has 0 bridgehead atoms. The van der Waals surface area contributed by atoms with Gasteiger partial charge in [-0.3, -0.25) is 0 Å². The molecule has 0 aromatic heterocycles. The fourth-order valence-corrected chi connectivity index (χ4v) is 2.00. The molecule has 2 aromatic carbocycles. The van der Waals surface area contributed by atoms with Gasteiger partial charge in [-0.2, -0.15) is 0 Å². The standard InChI is InChI=1S/C18H21FO2/c1-2-15-3-5-16(6-4-15)13-20-14-17-7-9-18(10-8-17)21-12-11-19/h3-10H,2,11-14H2,1H3. The van der Waals surface area contributed by atoms with Gasteiger partial charge in [-0.1, -0.05) is 43.3 Å². The predicted molar refractivity (Wildman–Crippen MR) is 82.2 cm³/mol. The lowest BCUT2D eigenvalue weighted by atomic mass is 10.1. The van der Waals surface area contributed by atoms with Crippen LogP contribution in [0.25, 0.3) is 0 Å². The first kappa shape index (κ1) is 15.5. The fourth-order valence-electron chi connectivity index (χ4n) is 2.00. The first-order chi connectivity index (χ1) is 10.3. The van der Waals surface area contributed by atoms with Crippen molar-refractivity contribution in [2.24, 2.45) is 0 Å². The summed E-state index contributed by atoms with van der Waals surface area (Å²) in [5.41, 5.74) is 3.59. The Balaban J connectivity index is 1.77. The van der Waals surface area contributed by atoms with Crippen molar-refractivity contribution in [1.82, 2.24) is 0 Å². The minimum atomic E-state index is -0.471. The Hall–Kier alpha value is -1.87. The van der Waals surface area contributed by atoms with Crippen molar-refractivity contribution in [1.29, 1.82) is 0 Å². The molecule has 0 aliphatic carbocycles. The lowest BCUT2D eigenvalue weighted by molar-refractivity contribution is 0.107. The van der Waals surface area contributed by atoms with Crippen molar-refractivity contribution in [2.45, 2.75) is 26.6 Å². The van der Waals surface area contributed by atoms with Crippen molar-refractivity contribution < 1.29 is 13.9 Å². The molecule has 0 amide bonds. The van der Waals surface area contributed by atoms with Gasteiger partial charge in [0, 0.05) is 0 Å². The van der Waals surface area contributed by atoms with Crippen LogP contribution < -0.4 is 4.74 Å². The van der Waals surface area contributed by atoms with Crippen LogP contribution in [0.15, 0.2) is 48.5 Å². The van der Waals surface area contributed by atoms with E-state index in [-0.39, 0.29) is 6.61 Å². The highest BCUT2D eigenvalue weighted by molar-refractivity contribution is 5.27. The molecule has 0 saturated carbocycles. The summed E-state index contributed by atoms with van der Waals surface area (Å²) in [4.78, 5) is 0. The molecule has 0 aliphatic heterocycles. The largest absolute Gasteiger partial charge is 0.491 e. The highest BCUT2D eigenvalue weighted by Crippen LogP contribution is 2.14. The molecule has 21 heavy (non-hydrogen) atoms. The molecule has 0 heterocycles. The molecule has 0 radical (unpaired) electrons. The van der Waals surface area contributed by atoms with Crippen LogP contribution in [0, 0.1) is 0 Å². The first-order valence-corrected chi connectivity index (χ1v) is 7.25. The lowest BCUT2D eigenvalue weighted by Crippen LogP contribution is -1.99. The van der Waals surface area contributed by atoms with Gasteiger partial charge < -0.3 is 9.47 Å². The van der Waals surface area contributed by atoms with Crippen LogP contribution in [0.3, 0.4) is 0 Å². The Morgan fingerprint density at radius 2 is 1.33 bits per heavy atom. The molecule has 2 nitrogen and oxygen atoms in total. The van der Waals surface area contributed by atoms with Crippen molar-refractivity contribution in [3.05, 3.63) is 65.2 Å². The zero-order chi connectivity index (χ0) is 14.9. The summed E-state index contributed by atoms with van der Waals surface area (Å²) < 4.78 is 22.9. The molecule has 0 fully saturated rings. The Kier molecular flexibility index (Phi) is 6.22. The SMILES string of the molecule is CCc1ccc(COCc2ccc(OCCF)cc2)cc1. The van der Waals surface area contributed by atoms with E-state index >= 15 is 0 Å². The quantitative estimate of drug-likeness (QED) is 0.720. The van der Waals surface area contributed by atoms with E-state index in [2.05, 4.69) is 31.2 Å². The third-order valence-corrected chi connectivity index (χ3v) is 3.24. The molecule has 0 saturated heterocycles. The molecule has 112 valence electrons. The lowest BCUT2D eigenvalue weighted by Gasteiger charge is -2.07. The van der Waals surface area contributed by atoms with E-state index < -0.39 is 6.67 Å². The van der Waals surface area contributed by atoms with Gasteiger partial charge in [0.1, 0.15) is 19.0 Å². The second kappa shape index (κ2) is 8.42. The maximum atomic E-state index is 12.0. The van der Waals surface area contributed by atoms with E-state index in [0.29, 0.717) is 19.0 Å². The molecule has 2 aromatic rings. The summed E-state index contributed by atoms with van der Waals surface area (Å²) in [6, 6.07) is 16.0. The average molecular weight is 288 g/mol. The zero-order valence-electron chi connectivity index (χ0n) is 12.3. The highest BCUT2D eigenvalue weighted by Gasteiger charge is 1.98. The minimum absolute atomic E-state index is 0.101. The molecular weight excluding hydrogens is 267 g/mol. The third kappa shape index (κ3) is 5.20. The number of benzene rings is 2. The second-order valence-electron chi connectivity index (χ2n) is 4.84. The molecule has 0 aliphatic rings. The van der Waals surface area contributed by atoms with Crippen LogP contribution in [0.2, 0.25) is 0 Å². The normalized spacial score (nSPS) is 10.6. The van der Waals surface area contributed by atoms with Crippen molar-refractivity contribution in [2.75, 3.05) is 13.3 Å². The first-order valence-electron chi connectivity index (χ1n) is 7.25. The van der Waals surface area contributed by atoms with Gasteiger partial charge in [0.15, 0.2) is 0 Å². The van der Waals surface area contributed by atoms with E-state index in [1.54, 1.807) is 0 Å². The molecule has 0 N–H and O–H groups in total. The number of ether oxygens (including phenoxy) is 2. The smallest absolute Gasteiger partial charge is 0.123 e. The van der Waals surface area contributed by atoms with Gasteiger partial charge in [0.2, 0.25) is 0 Å². The van der Waals surface area contributed by atoms with E-state index in [4.69, 9.17) is 9.47 Å². The Bertz CT molecular complexity index is 520. The van der Waals surface area contributed by atoms with E-state index in [0.717, 1.165) is 12.0 Å². The predicted octanol–water partition coefficient (Wildman–Crippen LogP) is 4.31. The Morgan fingerprint density at radius 3 is 1.86 bits per heavy atom. The van der Waals surface area contributed by atoms with Gasteiger partial charge in [-0.15, -0.1) is 0 Å². The van der Waals surface area contributed by atoms with E-state index in [9.17, 15) is 4.39 Å². The fraction of sp³-hybridized carbons (Fsp3) is 0.333. The number of hydrogen-bond acceptors (Lipinski definition) is 2. The number of hydrogen-bond donors (Lipinski definition) is 0. The summed E-state index contributed by atoms with van der Waals surface area (Å²) in [6.07, 6.45) is 1.05. The van der Waals surface area contributed by atoms with Crippen LogP contribution in [0.4, 0.5) is 4.39 Å². The number of halogens is 1. The summed E-state index contributed by atoms with van der Waals surface area (Å²) in [7, 11) is 0. The molecule has 2 rings (SSSR count).